The van der Waals surface area contributed by atoms with Crippen molar-refractivity contribution in [3.8, 4) is 0 Å². The van der Waals surface area contributed by atoms with Crippen LogP contribution in [0.4, 0.5) is 11.4 Å². The van der Waals surface area contributed by atoms with Gasteiger partial charge in [-0.3, -0.25) is 9.48 Å². The second-order valence-corrected chi connectivity index (χ2v) is 5.44. The molecule has 1 aromatic carbocycles. The molecule has 0 spiro atoms. The molecule has 0 saturated heterocycles. The standard InChI is InChI=1S/C14H17BrN4O/c1-4-19-13(12(16)9(3)18-19)14(20)17-10-5-6-11(15)8(2)7-10/h5-7H,4,16H2,1-3H3,(H,17,20). The maximum absolute atomic E-state index is 12.4. The van der Waals surface area contributed by atoms with Gasteiger partial charge < -0.3 is 11.1 Å². The Morgan fingerprint density at radius 2 is 2.15 bits per heavy atom. The van der Waals surface area contributed by atoms with Crippen LogP contribution in [0.2, 0.25) is 0 Å². The molecule has 0 aliphatic rings. The number of benzene rings is 1. The zero-order valence-corrected chi connectivity index (χ0v) is 13.3. The minimum atomic E-state index is -0.244. The van der Waals surface area contributed by atoms with Gasteiger partial charge in [-0.25, -0.2) is 0 Å². The van der Waals surface area contributed by atoms with E-state index < -0.39 is 0 Å². The highest BCUT2D eigenvalue weighted by molar-refractivity contribution is 9.10. The van der Waals surface area contributed by atoms with Crippen LogP contribution in [-0.4, -0.2) is 15.7 Å². The van der Waals surface area contributed by atoms with Gasteiger partial charge in [-0.1, -0.05) is 15.9 Å². The molecule has 3 N–H and O–H groups in total. The average Bonchev–Trinajstić information content (AvgIpc) is 2.69. The molecule has 0 aliphatic heterocycles. The Kier molecular flexibility index (Phi) is 4.13. The molecular weight excluding hydrogens is 320 g/mol. The number of hydrogen-bond donors (Lipinski definition) is 2. The molecule has 0 fully saturated rings. The van der Waals surface area contributed by atoms with Gasteiger partial charge in [0.15, 0.2) is 0 Å². The zero-order valence-electron chi connectivity index (χ0n) is 11.7. The second kappa shape index (κ2) is 5.66. The minimum Gasteiger partial charge on any atom is -0.395 e. The number of rotatable bonds is 3. The summed E-state index contributed by atoms with van der Waals surface area (Å²) in [5.41, 5.74) is 9.23. The van der Waals surface area contributed by atoms with E-state index in [4.69, 9.17) is 5.73 Å². The topological polar surface area (TPSA) is 72.9 Å². The fourth-order valence-electron chi connectivity index (χ4n) is 1.98. The Hall–Kier alpha value is -1.82. The first-order valence-corrected chi connectivity index (χ1v) is 7.13. The van der Waals surface area contributed by atoms with Gasteiger partial charge in [0.2, 0.25) is 0 Å². The van der Waals surface area contributed by atoms with Gasteiger partial charge >= 0.3 is 0 Å². The van der Waals surface area contributed by atoms with Gasteiger partial charge in [0.05, 0.1) is 11.4 Å². The molecule has 0 saturated carbocycles. The van der Waals surface area contributed by atoms with Gasteiger partial charge in [0.25, 0.3) is 5.91 Å². The van der Waals surface area contributed by atoms with Crippen molar-refractivity contribution in [2.45, 2.75) is 27.3 Å². The van der Waals surface area contributed by atoms with Crippen LogP contribution in [0.3, 0.4) is 0 Å². The average molecular weight is 337 g/mol. The molecule has 2 rings (SSSR count). The summed E-state index contributed by atoms with van der Waals surface area (Å²) in [5, 5.41) is 7.10. The van der Waals surface area contributed by atoms with Crippen molar-refractivity contribution < 1.29 is 4.79 Å². The van der Waals surface area contributed by atoms with E-state index in [9.17, 15) is 4.79 Å². The number of halogens is 1. The van der Waals surface area contributed by atoms with Crippen LogP contribution in [0, 0.1) is 13.8 Å². The van der Waals surface area contributed by atoms with E-state index >= 15 is 0 Å². The van der Waals surface area contributed by atoms with Crippen molar-refractivity contribution in [2.24, 2.45) is 0 Å². The van der Waals surface area contributed by atoms with Crippen molar-refractivity contribution in [3.63, 3.8) is 0 Å². The molecule has 1 amide bonds. The Labute approximate surface area is 126 Å². The third-order valence-corrected chi connectivity index (χ3v) is 3.99. The van der Waals surface area contributed by atoms with E-state index in [1.165, 1.54) is 0 Å². The summed E-state index contributed by atoms with van der Waals surface area (Å²) < 4.78 is 2.62. The largest absolute Gasteiger partial charge is 0.395 e. The Balaban J connectivity index is 2.30. The molecule has 1 heterocycles. The second-order valence-electron chi connectivity index (χ2n) is 4.58. The van der Waals surface area contributed by atoms with Crippen molar-refractivity contribution in [2.75, 3.05) is 11.1 Å². The number of nitrogen functional groups attached to an aromatic ring is 1. The van der Waals surface area contributed by atoms with Crippen LogP contribution in [0.25, 0.3) is 0 Å². The van der Waals surface area contributed by atoms with Crippen LogP contribution in [0.15, 0.2) is 22.7 Å². The van der Waals surface area contributed by atoms with E-state index in [2.05, 4.69) is 26.3 Å². The van der Waals surface area contributed by atoms with Crippen molar-refractivity contribution >= 4 is 33.2 Å². The molecule has 20 heavy (non-hydrogen) atoms. The predicted molar refractivity (Wildman–Crippen MR) is 83.9 cm³/mol. The lowest BCUT2D eigenvalue weighted by atomic mass is 10.2. The molecule has 0 radical (unpaired) electrons. The number of carbonyl (C=O) groups excluding carboxylic acids is 1. The van der Waals surface area contributed by atoms with E-state index in [-0.39, 0.29) is 5.91 Å². The van der Waals surface area contributed by atoms with Crippen molar-refractivity contribution in [3.05, 3.63) is 39.6 Å². The summed E-state index contributed by atoms with van der Waals surface area (Å²) in [6.45, 7) is 6.28. The monoisotopic (exact) mass is 336 g/mol. The Morgan fingerprint density at radius 1 is 1.45 bits per heavy atom. The van der Waals surface area contributed by atoms with Crippen molar-refractivity contribution in [1.29, 1.82) is 0 Å². The fraction of sp³-hybridized carbons (Fsp3) is 0.286. The van der Waals surface area contributed by atoms with E-state index in [0.29, 0.717) is 23.6 Å². The minimum absolute atomic E-state index is 0.244. The van der Waals surface area contributed by atoms with E-state index in [1.54, 1.807) is 11.6 Å². The lowest BCUT2D eigenvalue weighted by Crippen LogP contribution is -2.18. The van der Waals surface area contributed by atoms with Gasteiger partial charge in [-0.05, 0) is 44.5 Å². The number of carbonyl (C=O) groups is 1. The first kappa shape index (κ1) is 14.6. The maximum Gasteiger partial charge on any atom is 0.276 e. The molecule has 0 aliphatic carbocycles. The number of amides is 1. The molecule has 0 unspecified atom stereocenters. The normalized spacial score (nSPS) is 10.6. The van der Waals surface area contributed by atoms with Crippen LogP contribution in [0.5, 0.6) is 0 Å². The summed E-state index contributed by atoms with van der Waals surface area (Å²) in [6.07, 6.45) is 0. The SMILES string of the molecule is CCn1nc(C)c(N)c1C(=O)Nc1ccc(Br)c(C)c1. The quantitative estimate of drug-likeness (QED) is 0.904. The number of nitrogens with zero attached hydrogens (tertiary/aromatic N) is 2. The highest BCUT2D eigenvalue weighted by Gasteiger charge is 2.19. The van der Waals surface area contributed by atoms with Crippen LogP contribution >= 0.6 is 15.9 Å². The molecule has 0 atom stereocenters. The highest BCUT2D eigenvalue weighted by atomic mass is 79.9. The van der Waals surface area contributed by atoms with E-state index in [1.807, 2.05) is 32.0 Å². The zero-order chi connectivity index (χ0) is 14.9. The number of aryl methyl sites for hydroxylation is 3. The molecule has 5 nitrogen and oxygen atoms in total. The van der Waals surface area contributed by atoms with Crippen LogP contribution in [-0.2, 0) is 6.54 Å². The first-order valence-electron chi connectivity index (χ1n) is 6.34. The number of aromatic nitrogens is 2. The summed E-state index contributed by atoms with van der Waals surface area (Å²) >= 11 is 3.43. The van der Waals surface area contributed by atoms with Crippen LogP contribution in [0.1, 0.15) is 28.7 Å². The van der Waals surface area contributed by atoms with Gasteiger partial charge in [0.1, 0.15) is 5.69 Å². The molecule has 0 bridgehead atoms. The fourth-order valence-corrected chi connectivity index (χ4v) is 2.22. The lowest BCUT2D eigenvalue weighted by molar-refractivity contribution is 0.101. The summed E-state index contributed by atoms with van der Waals surface area (Å²) in [5.74, 6) is -0.244. The predicted octanol–water partition coefficient (Wildman–Crippen LogP) is 3.12. The highest BCUT2D eigenvalue weighted by Crippen LogP contribution is 2.22. The first-order chi connectivity index (χ1) is 9.43. The molecule has 106 valence electrons. The molecule has 6 heteroatoms. The molecular formula is C14H17BrN4O. The van der Waals surface area contributed by atoms with E-state index in [0.717, 1.165) is 15.7 Å². The summed E-state index contributed by atoms with van der Waals surface area (Å²) in [4.78, 5) is 12.4. The summed E-state index contributed by atoms with van der Waals surface area (Å²) in [6, 6.07) is 5.64. The number of nitrogens with two attached hydrogens (primary N) is 1. The Morgan fingerprint density at radius 3 is 2.75 bits per heavy atom. The third-order valence-electron chi connectivity index (χ3n) is 3.10. The molecule has 2 aromatic rings. The smallest absolute Gasteiger partial charge is 0.276 e. The number of anilines is 2. The molecule has 1 aromatic heterocycles. The number of nitrogens with one attached hydrogen (secondary N) is 1. The maximum atomic E-state index is 12.4. The van der Waals surface area contributed by atoms with Gasteiger partial charge in [-0.2, -0.15) is 5.10 Å². The lowest BCUT2D eigenvalue weighted by Gasteiger charge is -2.09. The number of hydrogen-bond acceptors (Lipinski definition) is 3. The van der Waals surface area contributed by atoms with Crippen molar-refractivity contribution in [1.82, 2.24) is 9.78 Å². The van der Waals surface area contributed by atoms with Crippen LogP contribution < -0.4 is 11.1 Å². The third kappa shape index (κ3) is 2.70. The van der Waals surface area contributed by atoms with Gasteiger partial charge in [-0.15, -0.1) is 0 Å². The van der Waals surface area contributed by atoms with Gasteiger partial charge in [0, 0.05) is 16.7 Å². The Bertz CT molecular complexity index is 663. The summed E-state index contributed by atoms with van der Waals surface area (Å²) in [7, 11) is 0.